The molecule has 0 aliphatic carbocycles. The molecule has 2 heterocycles. The molecule has 3 amide bonds. The van der Waals surface area contributed by atoms with Gasteiger partial charge in [-0.05, 0) is 69.6 Å². The Labute approximate surface area is 227 Å². The Morgan fingerprint density at radius 2 is 1.79 bits per heavy atom. The summed E-state index contributed by atoms with van der Waals surface area (Å²) in [6, 6.07) is 17.5. The van der Waals surface area contributed by atoms with Gasteiger partial charge >= 0.3 is 0 Å². The lowest BCUT2D eigenvalue weighted by Crippen LogP contribution is -2.72. The van der Waals surface area contributed by atoms with Crippen molar-refractivity contribution < 1.29 is 14.4 Å². The summed E-state index contributed by atoms with van der Waals surface area (Å²) < 4.78 is 0. The normalized spacial score (nSPS) is 19.4. The Kier molecular flexibility index (Phi) is 9.56. The van der Waals surface area contributed by atoms with Gasteiger partial charge in [0, 0.05) is 38.3 Å². The highest BCUT2D eigenvalue weighted by Gasteiger charge is 2.52. The molecule has 0 aromatic heterocycles. The zero-order chi connectivity index (χ0) is 27.0. The first-order chi connectivity index (χ1) is 18.4. The lowest BCUT2D eigenvalue weighted by atomic mass is 9.81. The standard InChI is InChI=1S/C31H42N4O3/c1-3-19-35-29(37)27(14-7-8-18-32-28(36)26-13-9-10-24(2)23-26)33-30(38)31(35)16-21-34(22-17-31)20-15-25-11-5-4-6-12-25/h4-6,9-13,23,27H,3,7-8,14-22H2,1-2H3,(H,32,36)(H,33,38)/t27-/m0/s1. The lowest BCUT2D eigenvalue weighted by molar-refractivity contribution is -0.161. The number of aryl methyl sites for hydroxylation is 1. The monoisotopic (exact) mass is 518 g/mol. The number of rotatable bonds is 11. The van der Waals surface area contributed by atoms with Gasteiger partial charge < -0.3 is 20.4 Å². The number of hydrogen-bond donors (Lipinski definition) is 2. The topological polar surface area (TPSA) is 81.8 Å². The van der Waals surface area contributed by atoms with Gasteiger partial charge in [0.25, 0.3) is 5.91 Å². The highest BCUT2D eigenvalue weighted by Crippen LogP contribution is 2.34. The van der Waals surface area contributed by atoms with E-state index in [9.17, 15) is 14.4 Å². The zero-order valence-electron chi connectivity index (χ0n) is 22.9. The van der Waals surface area contributed by atoms with Crippen LogP contribution in [0, 0.1) is 6.92 Å². The van der Waals surface area contributed by atoms with Gasteiger partial charge in [0.1, 0.15) is 11.6 Å². The molecule has 7 heteroatoms. The molecule has 4 rings (SSSR count). The Balaban J connectivity index is 1.26. The number of benzene rings is 2. The molecule has 2 saturated heterocycles. The number of piperidine rings is 1. The van der Waals surface area contributed by atoms with Gasteiger partial charge in [-0.1, -0.05) is 55.0 Å². The third-order valence-electron chi connectivity index (χ3n) is 7.98. The van der Waals surface area contributed by atoms with Crippen LogP contribution < -0.4 is 10.6 Å². The van der Waals surface area contributed by atoms with E-state index in [0.717, 1.165) is 50.9 Å². The summed E-state index contributed by atoms with van der Waals surface area (Å²) in [5.41, 5.74) is 2.31. The van der Waals surface area contributed by atoms with E-state index in [1.165, 1.54) is 5.56 Å². The molecular formula is C31H42N4O3. The first kappa shape index (κ1) is 27.8. The average molecular weight is 519 g/mol. The van der Waals surface area contributed by atoms with Crippen molar-refractivity contribution in [2.24, 2.45) is 0 Å². The van der Waals surface area contributed by atoms with Crippen LogP contribution in [0.25, 0.3) is 0 Å². The minimum absolute atomic E-state index is 0.00556. The van der Waals surface area contributed by atoms with Crippen LogP contribution in [0.4, 0.5) is 0 Å². The van der Waals surface area contributed by atoms with Gasteiger partial charge in [0.05, 0.1) is 0 Å². The molecule has 0 unspecified atom stereocenters. The summed E-state index contributed by atoms with van der Waals surface area (Å²) in [5.74, 6) is -0.0269. The van der Waals surface area contributed by atoms with Crippen molar-refractivity contribution in [3.63, 3.8) is 0 Å². The molecule has 0 saturated carbocycles. The van der Waals surface area contributed by atoms with E-state index in [-0.39, 0.29) is 17.7 Å². The fraction of sp³-hybridized carbons (Fsp3) is 0.516. The molecule has 0 bridgehead atoms. The second kappa shape index (κ2) is 13.1. The Morgan fingerprint density at radius 1 is 1.03 bits per heavy atom. The van der Waals surface area contributed by atoms with E-state index in [4.69, 9.17) is 0 Å². The van der Waals surface area contributed by atoms with E-state index < -0.39 is 11.6 Å². The molecule has 2 aliphatic heterocycles. The molecule has 1 spiro atoms. The summed E-state index contributed by atoms with van der Waals surface area (Å²) in [7, 11) is 0. The summed E-state index contributed by atoms with van der Waals surface area (Å²) in [6.45, 7) is 7.79. The first-order valence-corrected chi connectivity index (χ1v) is 14.2. The van der Waals surface area contributed by atoms with E-state index in [1.807, 2.05) is 42.2 Å². The van der Waals surface area contributed by atoms with Gasteiger partial charge in [-0.3, -0.25) is 14.4 Å². The largest absolute Gasteiger partial charge is 0.352 e. The number of nitrogens with one attached hydrogen (secondary N) is 2. The molecule has 204 valence electrons. The Hall–Kier alpha value is -3.19. The number of likely N-dealkylation sites (tertiary alicyclic amines) is 1. The van der Waals surface area contributed by atoms with Crippen molar-refractivity contribution >= 4 is 17.7 Å². The number of carbonyl (C=O) groups excluding carboxylic acids is 3. The third-order valence-corrected chi connectivity index (χ3v) is 7.98. The quantitative estimate of drug-likeness (QED) is 0.445. The number of amides is 3. The van der Waals surface area contributed by atoms with Crippen LogP contribution in [0.1, 0.15) is 66.9 Å². The van der Waals surface area contributed by atoms with E-state index in [1.54, 1.807) is 0 Å². The van der Waals surface area contributed by atoms with Gasteiger partial charge in [-0.25, -0.2) is 0 Å². The smallest absolute Gasteiger partial charge is 0.251 e. The molecule has 1 atom stereocenters. The maximum atomic E-state index is 13.5. The number of unbranched alkanes of at least 4 members (excludes halogenated alkanes) is 1. The molecule has 2 fully saturated rings. The van der Waals surface area contributed by atoms with E-state index in [0.29, 0.717) is 37.9 Å². The van der Waals surface area contributed by atoms with Crippen molar-refractivity contribution in [1.82, 2.24) is 20.4 Å². The maximum Gasteiger partial charge on any atom is 0.251 e. The second-order valence-corrected chi connectivity index (χ2v) is 10.7. The molecule has 38 heavy (non-hydrogen) atoms. The van der Waals surface area contributed by atoms with E-state index in [2.05, 4.69) is 46.7 Å². The molecule has 2 N–H and O–H groups in total. The highest BCUT2D eigenvalue weighted by molar-refractivity contribution is 6.00. The van der Waals surface area contributed by atoms with Gasteiger partial charge in [0.2, 0.25) is 11.8 Å². The Morgan fingerprint density at radius 3 is 2.50 bits per heavy atom. The van der Waals surface area contributed by atoms with Gasteiger partial charge in [-0.15, -0.1) is 0 Å². The SMILES string of the molecule is CCCN1C(=O)[C@H](CCCCNC(=O)c2cccc(C)c2)NC(=O)C12CCN(CCc1ccccc1)CC2. The van der Waals surface area contributed by atoms with E-state index >= 15 is 0 Å². The molecule has 7 nitrogen and oxygen atoms in total. The molecule has 0 radical (unpaired) electrons. The molecule has 2 aromatic carbocycles. The molecule has 2 aromatic rings. The van der Waals surface area contributed by atoms with Gasteiger partial charge in [0.15, 0.2) is 0 Å². The number of nitrogens with zero attached hydrogens (tertiary/aromatic N) is 2. The van der Waals surface area contributed by atoms with Crippen molar-refractivity contribution in [2.75, 3.05) is 32.7 Å². The fourth-order valence-electron chi connectivity index (χ4n) is 5.76. The minimum atomic E-state index is -0.728. The van der Waals surface area contributed by atoms with Crippen molar-refractivity contribution in [3.8, 4) is 0 Å². The highest BCUT2D eigenvalue weighted by atomic mass is 16.2. The van der Waals surface area contributed by atoms with Gasteiger partial charge in [-0.2, -0.15) is 0 Å². The second-order valence-electron chi connectivity index (χ2n) is 10.7. The Bertz CT molecular complexity index is 1100. The van der Waals surface area contributed by atoms with Crippen LogP contribution in [0.5, 0.6) is 0 Å². The van der Waals surface area contributed by atoms with Crippen LogP contribution in [0.3, 0.4) is 0 Å². The van der Waals surface area contributed by atoms with Crippen LogP contribution in [0.15, 0.2) is 54.6 Å². The summed E-state index contributed by atoms with van der Waals surface area (Å²) in [5, 5.41) is 6.04. The van der Waals surface area contributed by atoms with Crippen LogP contribution >= 0.6 is 0 Å². The summed E-state index contributed by atoms with van der Waals surface area (Å²) in [6.07, 6.45) is 5.28. The molecular weight excluding hydrogens is 476 g/mol. The first-order valence-electron chi connectivity index (χ1n) is 14.2. The number of piperazine rings is 1. The lowest BCUT2D eigenvalue weighted by Gasteiger charge is -2.51. The summed E-state index contributed by atoms with van der Waals surface area (Å²) in [4.78, 5) is 43.7. The fourth-order valence-corrected chi connectivity index (χ4v) is 5.76. The number of carbonyl (C=O) groups is 3. The summed E-state index contributed by atoms with van der Waals surface area (Å²) >= 11 is 0. The van der Waals surface area contributed by atoms with Crippen LogP contribution in [-0.2, 0) is 16.0 Å². The van der Waals surface area contributed by atoms with Crippen LogP contribution in [0.2, 0.25) is 0 Å². The average Bonchev–Trinajstić information content (AvgIpc) is 2.93. The molecule has 2 aliphatic rings. The predicted molar refractivity (Wildman–Crippen MR) is 150 cm³/mol. The third kappa shape index (κ3) is 6.62. The van der Waals surface area contributed by atoms with Crippen molar-refractivity contribution in [3.05, 3.63) is 71.3 Å². The zero-order valence-corrected chi connectivity index (χ0v) is 22.9. The number of hydrogen-bond acceptors (Lipinski definition) is 4. The van der Waals surface area contributed by atoms with Crippen molar-refractivity contribution in [1.29, 1.82) is 0 Å². The predicted octanol–water partition coefficient (Wildman–Crippen LogP) is 3.71. The maximum absolute atomic E-state index is 13.5. The van der Waals surface area contributed by atoms with Crippen molar-refractivity contribution in [2.45, 2.75) is 70.4 Å². The van der Waals surface area contributed by atoms with Crippen LogP contribution in [-0.4, -0.2) is 71.8 Å². The minimum Gasteiger partial charge on any atom is -0.352 e.